The van der Waals surface area contributed by atoms with Gasteiger partial charge >= 0.3 is 0 Å². The van der Waals surface area contributed by atoms with E-state index in [2.05, 4.69) is 52.2 Å². The molecule has 3 heteroatoms. The Bertz CT molecular complexity index is 219. The van der Waals surface area contributed by atoms with E-state index >= 15 is 0 Å². The Labute approximate surface area is 107 Å². The zero-order chi connectivity index (χ0) is 13.5. The normalized spacial score (nSPS) is 13.8. The van der Waals surface area contributed by atoms with Crippen LogP contribution in [0.5, 0.6) is 0 Å². The van der Waals surface area contributed by atoms with E-state index in [9.17, 15) is 4.79 Å². The van der Waals surface area contributed by atoms with Crippen LogP contribution in [0.25, 0.3) is 0 Å². The summed E-state index contributed by atoms with van der Waals surface area (Å²) in [5.41, 5.74) is 0.0868. The average Bonchev–Trinajstić information content (AvgIpc) is 2.12. The molecule has 1 amide bonds. The zero-order valence-electron chi connectivity index (χ0n) is 12.4. The van der Waals surface area contributed by atoms with Gasteiger partial charge in [0.25, 0.3) is 0 Å². The lowest BCUT2D eigenvalue weighted by Gasteiger charge is -2.21. The largest absolute Gasteiger partial charge is 0.354 e. The fourth-order valence-corrected chi connectivity index (χ4v) is 1.55. The quantitative estimate of drug-likeness (QED) is 0.720. The molecule has 3 nitrogen and oxygen atoms in total. The molecule has 2 N–H and O–H groups in total. The van der Waals surface area contributed by atoms with Crippen molar-refractivity contribution in [2.24, 2.45) is 5.92 Å². The zero-order valence-corrected chi connectivity index (χ0v) is 12.4. The number of nitrogens with one attached hydrogen (secondary N) is 2. The minimum atomic E-state index is 0.0868. The molecule has 0 aromatic rings. The third-order valence-electron chi connectivity index (χ3n) is 2.59. The first kappa shape index (κ1) is 16.4. The van der Waals surface area contributed by atoms with E-state index in [0.29, 0.717) is 18.4 Å². The van der Waals surface area contributed by atoms with E-state index in [-0.39, 0.29) is 11.4 Å². The van der Waals surface area contributed by atoms with Crippen LogP contribution in [0.4, 0.5) is 0 Å². The fraction of sp³-hybridized carbons (Fsp3) is 0.929. The molecule has 0 saturated heterocycles. The maximum absolute atomic E-state index is 11.6. The molecule has 0 rings (SSSR count). The Kier molecular flexibility index (Phi) is 7.44. The molecule has 1 unspecified atom stereocenters. The summed E-state index contributed by atoms with van der Waals surface area (Å²) in [5, 5.41) is 6.36. The third-order valence-corrected chi connectivity index (χ3v) is 2.59. The van der Waals surface area contributed by atoms with Crippen molar-refractivity contribution in [1.29, 1.82) is 0 Å². The monoisotopic (exact) mass is 242 g/mol. The predicted octanol–water partition coefficient (Wildman–Crippen LogP) is 2.71. The van der Waals surface area contributed by atoms with Gasteiger partial charge in [0.15, 0.2) is 0 Å². The number of rotatable bonds is 7. The predicted molar refractivity (Wildman–Crippen MR) is 74.0 cm³/mol. The Balaban J connectivity index is 3.64. The second-order valence-corrected chi connectivity index (χ2v) is 6.37. The highest BCUT2D eigenvalue weighted by Gasteiger charge is 2.11. The van der Waals surface area contributed by atoms with Crippen molar-refractivity contribution >= 4 is 5.91 Å². The second kappa shape index (κ2) is 7.70. The van der Waals surface area contributed by atoms with Crippen LogP contribution in [0.15, 0.2) is 0 Å². The Morgan fingerprint density at radius 2 is 1.71 bits per heavy atom. The summed E-state index contributed by atoms with van der Waals surface area (Å²) < 4.78 is 0. The molecule has 0 aliphatic carbocycles. The minimum Gasteiger partial charge on any atom is -0.354 e. The first-order chi connectivity index (χ1) is 7.70. The van der Waals surface area contributed by atoms with Gasteiger partial charge in [-0.3, -0.25) is 4.79 Å². The van der Waals surface area contributed by atoms with Gasteiger partial charge in [-0.05, 0) is 46.5 Å². The van der Waals surface area contributed by atoms with Crippen molar-refractivity contribution in [2.75, 3.05) is 6.54 Å². The van der Waals surface area contributed by atoms with Gasteiger partial charge in [-0.15, -0.1) is 0 Å². The van der Waals surface area contributed by atoms with Crippen LogP contribution < -0.4 is 10.6 Å². The van der Waals surface area contributed by atoms with Gasteiger partial charge in [0.1, 0.15) is 0 Å². The van der Waals surface area contributed by atoms with Crippen LogP contribution in [-0.4, -0.2) is 24.0 Å². The van der Waals surface area contributed by atoms with Crippen LogP contribution in [-0.2, 0) is 4.79 Å². The molecule has 17 heavy (non-hydrogen) atoms. The molecule has 0 heterocycles. The van der Waals surface area contributed by atoms with Crippen molar-refractivity contribution in [1.82, 2.24) is 10.6 Å². The minimum absolute atomic E-state index is 0.0868. The summed E-state index contributed by atoms with van der Waals surface area (Å²) in [5.74, 6) is 0.856. The number of amides is 1. The SMILES string of the molecule is CC(C)CCC(C)NC(=O)CCNC(C)(C)C. The molecular weight excluding hydrogens is 212 g/mol. The maximum Gasteiger partial charge on any atom is 0.221 e. The molecule has 1 atom stereocenters. The van der Waals surface area contributed by atoms with Crippen molar-refractivity contribution in [2.45, 2.75) is 72.4 Å². The summed E-state index contributed by atoms with van der Waals surface area (Å²) in [6, 6.07) is 0.291. The highest BCUT2D eigenvalue weighted by Crippen LogP contribution is 2.06. The van der Waals surface area contributed by atoms with Crippen molar-refractivity contribution < 1.29 is 4.79 Å². The first-order valence-corrected chi connectivity index (χ1v) is 6.75. The number of carbonyl (C=O) groups excluding carboxylic acids is 1. The molecule has 0 aromatic heterocycles. The van der Waals surface area contributed by atoms with Crippen LogP contribution in [0.1, 0.15) is 60.8 Å². The molecule has 0 aromatic carbocycles. The lowest BCUT2D eigenvalue weighted by Crippen LogP contribution is -2.40. The number of hydrogen-bond donors (Lipinski definition) is 2. The summed E-state index contributed by atoms with van der Waals surface area (Å²) in [6.07, 6.45) is 2.79. The lowest BCUT2D eigenvalue weighted by molar-refractivity contribution is -0.121. The van der Waals surface area contributed by atoms with Crippen LogP contribution in [0, 0.1) is 5.92 Å². The smallest absolute Gasteiger partial charge is 0.221 e. The van der Waals surface area contributed by atoms with Crippen LogP contribution in [0.3, 0.4) is 0 Å². The summed E-state index contributed by atoms with van der Waals surface area (Å²) in [6.45, 7) is 13.6. The van der Waals surface area contributed by atoms with E-state index in [1.807, 2.05) is 0 Å². The summed E-state index contributed by atoms with van der Waals surface area (Å²) in [4.78, 5) is 11.6. The van der Waals surface area contributed by atoms with E-state index < -0.39 is 0 Å². The molecule has 0 saturated carbocycles. The van der Waals surface area contributed by atoms with Gasteiger partial charge in [-0.2, -0.15) is 0 Å². The maximum atomic E-state index is 11.6. The molecule has 0 radical (unpaired) electrons. The van der Waals surface area contributed by atoms with Crippen molar-refractivity contribution in [3.63, 3.8) is 0 Å². The molecule has 102 valence electrons. The highest BCUT2D eigenvalue weighted by atomic mass is 16.1. The molecule has 0 fully saturated rings. The second-order valence-electron chi connectivity index (χ2n) is 6.37. The highest BCUT2D eigenvalue weighted by molar-refractivity contribution is 5.76. The Hall–Kier alpha value is -0.570. The van der Waals surface area contributed by atoms with Gasteiger partial charge in [0.2, 0.25) is 5.91 Å². The van der Waals surface area contributed by atoms with E-state index in [1.54, 1.807) is 0 Å². The van der Waals surface area contributed by atoms with Gasteiger partial charge < -0.3 is 10.6 Å². The van der Waals surface area contributed by atoms with E-state index in [4.69, 9.17) is 0 Å². The molecule has 0 aliphatic heterocycles. The standard InChI is InChI=1S/C14H30N2O/c1-11(2)7-8-12(3)16-13(17)9-10-15-14(4,5)6/h11-12,15H,7-10H2,1-6H3,(H,16,17). The van der Waals surface area contributed by atoms with Crippen molar-refractivity contribution in [3.8, 4) is 0 Å². The van der Waals surface area contributed by atoms with Gasteiger partial charge in [0.05, 0.1) is 0 Å². The topological polar surface area (TPSA) is 41.1 Å². The Morgan fingerprint density at radius 1 is 1.12 bits per heavy atom. The van der Waals surface area contributed by atoms with Gasteiger partial charge in [0, 0.05) is 24.5 Å². The summed E-state index contributed by atoms with van der Waals surface area (Å²) in [7, 11) is 0. The summed E-state index contributed by atoms with van der Waals surface area (Å²) >= 11 is 0. The van der Waals surface area contributed by atoms with Crippen molar-refractivity contribution in [3.05, 3.63) is 0 Å². The van der Waals surface area contributed by atoms with Crippen LogP contribution in [0.2, 0.25) is 0 Å². The number of hydrogen-bond acceptors (Lipinski definition) is 2. The molecule has 0 spiro atoms. The fourth-order valence-electron chi connectivity index (χ4n) is 1.55. The van der Waals surface area contributed by atoms with Gasteiger partial charge in [-0.1, -0.05) is 13.8 Å². The average molecular weight is 242 g/mol. The first-order valence-electron chi connectivity index (χ1n) is 6.75. The van der Waals surface area contributed by atoms with Gasteiger partial charge in [-0.25, -0.2) is 0 Å². The van der Waals surface area contributed by atoms with E-state index in [1.165, 1.54) is 6.42 Å². The molecule has 0 bridgehead atoms. The molecule has 0 aliphatic rings. The Morgan fingerprint density at radius 3 is 2.18 bits per heavy atom. The lowest BCUT2D eigenvalue weighted by atomic mass is 10.0. The number of carbonyl (C=O) groups is 1. The van der Waals surface area contributed by atoms with Crippen LogP contribution >= 0.6 is 0 Å². The van der Waals surface area contributed by atoms with E-state index in [0.717, 1.165) is 13.0 Å². The third kappa shape index (κ3) is 11.7. The molecular formula is C14H30N2O.